The largest absolute Gasteiger partial charge is 0.451 e. The van der Waals surface area contributed by atoms with Gasteiger partial charge in [-0.25, -0.2) is 19.6 Å². The Hall–Kier alpha value is -5.87. The first kappa shape index (κ1) is 38.8. The molecule has 2 atom stereocenters. The van der Waals surface area contributed by atoms with Gasteiger partial charge in [-0.2, -0.15) is 0 Å². The lowest BCUT2D eigenvalue weighted by Crippen LogP contribution is -2.17. The van der Waals surface area contributed by atoms with E-state index >= 15 is 0 Å². The molecular weight excluding hydrogens is 712 g/mol. The van der Waals surface area contributed by atoms with E-state index in [-0.39, 0.29) is 12.2 Å². The van der Waals surface area contributed by atoms with Gasteiger partial charge in [0.1, 0.15) is 11.6 Å². The van der Waals surface area contributed by atoms with Gasteiger partial charge < -0.3 is 25.8 Å². The van der Waals surface area contributed by atoms with Crippen LogP contribution in [0.2, 0.25) is 0 Å². The van der Waals surface area contributed by atoms with Crippen molar-refractivity contribution in [3.8, 4) is 0 Å². The Kier molecular flexibility index (Phi) is 12.7. The van der Waals surface area contributed by atoms with Crippen molar-refractivity contribution in [3.05, 3.63) is 131 Å². The number of nitrogen functional groups attached to an aromatic ring is 1. The molecule has 4 aromatic carbocycles. The molecule has 2 aromatic heterocycles. The van der Waals surface area contributed by atoms with E-state index in [1.807, 2.05) is 68.4 Å². The van der Waals surface area contributed by atoms with Gasteiger partial charge in [-0.15, -0.1) is 0 Å². The van der Waals surface area contributed by atoms with Crippen LogP contribution in [0.25, 0.3) is 21.8 Å². The van der Waals surface area contributed by atoms with Crippen LogP contribution in [-0.2, 0) is 22.3 Å². The Bertz CT molecular complexity index is 2280. The highest BCUT2D eigenvalue weighted by molar-refractivity contribution is 6.61. The van der Waals surface area contributed by atoms with Crippen LogP contribution in [0.4, 0.5) is 32.6 Å². The third kappa shape index (κ3) is 10.6. The van der Waals surface area contributed by atoms with Gasteiger partial charge in [0.05, 0.1) is 35.3 Å². The smallest absolute Gasteiger partial charge is 0.411 e. The van der Waals surface area contributed by atoms with Gasteiger partial charge in [-0.3, -0.25) is 5.32 Å². The lowest BCUT2D eigenvalue weighted by atomic mass is 10.1. The van der Waals surface area contributed by atoms with Gasteiger partial charge in [-0.1, -0.05) is 48.5 Å². The average molecular weight is 759 g/mol. The summed E-state index contributed by atoms with van der Waals surface area (Å²) in [5, 5.41) is 11.9. The minimum Gasteiger partial charge on any atom is -0.451 e. The molecule has 0 aliphatic heterocycles. The maximum atomic E-state index is 11.7. The number of nitrogens with one attached hydrogen (secondary N) is 3. The van der Waals surface area contributed by atoms with Crippen LogP contribution in [0.15, 0.2) is 109 Å². The van der Waals surface area contributed by atoms with E-state index in [2.05, 4.69) is 80.3 Å². The SMILES string of the molecule is CC(C)OC(=O)Cl.CC(C)OC(=O)Nc1ccc2nc(N[C@@H]3CCc4ccccc43)ccc2c1.Nc1ccc2nc(N[C@@H]3CCc4ccccc43)ccc2c1. The van der Waals surface area contributed by atoms with Crippen molar-refractivity contribution in [2.75, 3.05) is 21.7 Å². The number of hydrogen-bond acceptors (Lipinski definition) is 9. The molecule has 10 nitrogen and oxygen atoms in total. The minimum absolute atomic E-state index is 0.106. The van der Waals surface area contributed by atoms with Gasteiger partial charge in [-0.05, 0) is 136 Å². The summed E-state index contributed by atoms with van der Waals surface area (Å²) in [5.74, 6) is 1.79. The molecule has 6 aromatic rings. The molecule has 2 aliphatic carbocycles. The number of rotatable bonds is 7. The quantitative estimate of drug-likeness (QED) is 0.0924. The van der Waals surface area contributed by atoms with Gasteiger partial charge >= 0.3 is 11.5 Å². The molecule has 0 fully saturated rings. The van der Waals surface area contributed by atoms with Gasteiger partial charge in [0.15, 0.2) is 0 Å². The van der Waals surface area contributed by atoms with Crippen molar-refractivity contribution >= 4 is 67.9 Å². The van der Waals surface area contributed by atoms with Crippen molar-refractivity contribution < 1.29 is 19.1 Å². The summed E-state index contributed by atoms with van der Waals surface area (Å²) in [4.78, 5) is 31.0. The number of carbonyl (C=O) groups is 2. The molecule has 0 spiro atoms. The van der Waals surface area contributed by atoms with E-state index in [4.69, 9.17) is 27.1 Å². The molecule has 0 bridgehead atoms. The molecule has 284 valence electrons. The molecule has 0 saturated heterocycles. The number of ether oxygens (including phenoxy) is 2. The summed E-state index contributed by atoms with van der Waals surface area (Å²) >= 11 is 4.81. The summed E-state index contributed by atoms with van der Waals surface area (Å²) in [6.07, 6.45) is 3.74. The highest BCUT2D eigenvalue weighted by Crippen LogP contribution is 2.35. The highest BCUT2D eigenvalue weighted by Gasteiger charge is 2.23. The summed E-state index contributed by atoms with van der Waals surface area (Å²) in [6.45, 7) is 7.11. The predicted molar refractivity (Wildman–Crippen MR) is 223 cm³/mol. The van der Waals surface area contributed by atoms with E-state index in [0.29, 0.717) is 17.8 Å². The van der Waals surface area contributed by atoms with Crippen LogP contribution in [0.3, 0.4) is 0 Å². The molecule has 11 heteroatoms. The van der Waals surface area contributed by atoms with E-state index in [1.165, 1.54) is 22.3 Å². The number of hydrogen-bond donors (Lipinski definition) is 4. The number of anilines is 4. The third-order valence-electron chi connectivity index (χ3n) is 9.23. The molecule has 1 amide bonds. The van der Waals surface area contributed by atoms with Crippen molar-refractivity contribution in [1.82, 2.24) is 9.97 Å². The lowest BCUT2D eigenvalue weighted by Gasteiger charge is -2.15. The topological polar surface area (TPSA) is 140 Å². The summed E-state index contributed by atoms with van der Waals surface area (Å²) in [5.41, 5.74) is 14.0. The molecule has 55 heavy (non-hydrogen) atoms. The molecule has 2 aliphatic rings. The van der Waals surface area contributed by atoms with Gasteiger partial charge in [0, 0.05) is 33.7 Å². The van der Waals surface area contributed by atoms with E-state index in [1.54, 1.807) is 13.8 Å². The van der Waals surface area contributed by atoms with E-state index < -0.39 is 11.5 Å². The number of carbonyl (C=O) groups excluding carboxylic acids is 2. The molecule has 2 heterocycles. The molecule has 0 saturated carbocycles. The average Bonchev–Trinajstić information content (AvgIpc) is 3.75. The van der Waals surface area contributed by atoms with E-state index in [0.717, 1.165) is 64.8 Å². The Morgan fingerprint density at radius 3 is 1.69 bits per heavy atom. The number of fused-ring (bicyclic) bond motifs is 4. The van der Waals surface area contributed by atoms with Crippen LogP contribution < -0.4 is 21.7 Å². The number of halogens is 1. The van der Waals surface area contributed by atoms with Crippen LogP contribution >= 0.6 is 11.6 Å². The van der Waals surface area contributed by atoms with Crippen molar-refractivity contribution in [1.29, 1.82) is 0 Å². The summed E-state index contributed by atoms with van der Waals surface area (Å²) in [6, 6.07) is 37.5. The molecule has 0 radical (unpaired) electrons. The van der Waals surface area contributed by atoms with Crippen LogP contribution in [0.5, 0.6) is 0 Å². The number of aryl methyl sites for hydroxylation is 2. The number of benzene rings is 4. The number of nitrogens with zero attached hydrogens (tertiary/aromatic N) is 2. The van der Waals surface area contributed by atoms with Gasteiger partial charge in [0.25, 0.3) is 0 Å². The van der Waals surface area contributed by atoms with Gasteiger partial charge in [0.2, 0.25) is 0 Å². The molecule has 8 rings (SSSR count). The first-order valence-corrected chi connectivity index (χ1v) is 19.0. The second-order valence-electron chi connectivity index (χ2n) is 14.1. The number of nitrogens with two attached hydrogens (primary N) is 1. The fourth-order valence-corrected chi connectivity index (χ4v) is 7.00. The van der Waals surface area contributed by atoms with Crippen LogP contribution in [0.1, 0.15) is 74.9 Å². The molecular formula is C44H47ClN6O4. The zero-order chi connectivity index (χ0) is 38.9. The second kappa shape index (κ2) is 18.0. The summed E-state index contributed by atoms with van der Waals surface area (Å²) < 4.78 is 9.49. The molecule has 0 unspecified atom stereocenters. The first-order chi connectivity index (χ1) is 26.5. The monoisotopic (exact) mass is 758 g/mol. The Morgan fingerprint density at radius 2 is 1.18 bits per heavy atom. The van der Waals surface area contributed by atoms with Crippen LogP contribution in [-0.4, -0.2) is 33.7 Å². The predicted octanol–water partition coefficient (Wildman–Crippen LogP) is 11.0. The van der Waals surface area contributed by atoms with E-state index in [9.17, 15) is 9.59 Å². The zero-order valence-corrected chi connectivity index (χ0v) is 32.3. The maximum Gasteiger partial charge on any atom is 0.411 e. The number of aromatic nitrogens is 2. The molecule has 5 N–H and O–H groups in total. The third-order valence-corrected chi connectivity index (χ3v) is 9.32. The summed E-state index contributed by atoms with van der Waals surface area (Å²) in [7, 11) is 0. The van der Waals surface area contributed by atoms with Crippen LogP contribution in [0, 0.1) is 0 Å². The fourth-order valence-electron chi connectivity index (χ4n) is 6.83. The lowest BCUT2D eigenvalue weighted by molar-refractivity contribution is 0.130. The van der Waals surface area contributed by atoms with Crippen molar-refractivity contribution in [2.45, 2.75) is 77.7 Å². The van der Waals surface area contributed by atoms with Crippen molar-refractivity contribution in [2.24, 2.45) is 0 Å². The zero-order valence-electron chi connectivity index (χ0n) is 31.5. The Labute approximate surface area is 326 Å². The highest BCUT2D eigenvalue weighted by atomic mass is 35.5. The maximum absolute atomic E-state index is 11.7. The minimum atomic E-state index is -0.741. The number of pyridine rings is 2. The Morgan fingerprint density at radius 1 is 0.673 bits per heavy atom. The van der Waals surface area contributed by atoms with Crippen molar-refractivity contribution in [3.63, 3.8) is 0 Å². The second-order valence-corrected chi connectivity index (χ2v) is 14.4. The Balaban J connectivity index is 0.000000163. The standard InChI is InChI=1S/C22H23N3O2.C18H17N3.C4H7ClO2/c1-14(2)27-22(26)23-17-9-11-19-16(13-17)8-12-21(24-19)25-20-10-7-15-5-3-4-6-18(15)20;19-14-7-9-16-13(11-14)6-10-18(20-16)21-17-8-5-12-3-1-2-4-15(12)17;1-3(2)7-4(5)6/h3-6,8-9,11-14,20H,7,10H2,1-2H3,(H,23,26)(H,24,25);1-4,6-7,9-11,17H,5,8,19H2,(H,20,21);3H,1-2H3/t20-;17-;/m11./s1. The first-order valence-electron chi connectivity index (χ1n) is 18.6. The fraction of sp³-hybridized carbons (Fsp3) is 0.273. The normalized spacial score (nSPS) is 15.3. The number of amides is 1.